The van der Waals surface area contributed by atoms with Gasteiger partial charge in [0.1, 0.15) is 0 Å². The van der Waals surface area contributed by atoms with Crippen LogP contribution in [0.15, 0.2) is 60.3 Å². The van der Waals surface area contributed by atoms with Crippen LogP contribution in [-0.4, -0.2) is 35.5 Å². The lowest BCUT2D eigenvalue weighted by Gasteiger charge is -2.15. The third kappa shape index (κ3) is 5.95. The van der Waals surface area contributed by atoms with E-state index >= 15 is 0 Å². The molecule has 0 saturated heterocycles. The average molecular weight is 550 g/mol. The van der Waals surface area contributed by atoms with Crippen molar-refractivity contribution in [1.82, 2.24) is 19.9 Å². The molecule has 1 N–H and O–H groups in total. The molecule has 0 aliphatic rings. The number of ether oxygens (including phenoxy) is 2. The second-order valence-electron chi connectivity index (χ2n) is 7.06. The van der Waals surface area contributed by atoms with Crippen molar-refractivity contribution < 1.29 is 31.1 Å². The largest absolute Gasteiger partial charge is 0.493 e. The summed E-state index contributed by atoms with van der Waals surface area (Å²) in [4.78, 5) is 16.3. The van der Waals surface area contributed by atoms with E-state index in [9.17, 15) is 21.6 Å². The Labute approximate surface area is 213 Å². The van der Waals surface area contributed by atoms with Crippen LogP contribution in [0.2, 0.25) is 5.15 Å². The maximum absolute atomic E-state index is 14.0. The molecule has 0 spiro atoms. The van der Waals surface area contributed by atoms with E-state index in [2.05, 4.69) is 24.7 Å². The van der Waals surface area contributed by atoms with Crippen molar-refractivity contribution in [3.63, 3.8) is 0 Å². The number of nitrogens with one attached hydrogen (secondary N) is 1. The Morgan fingerprint density at radius 1 is 0.919 bits per heavy atom. The first kappa shape index (κ1) is 25.9. The lowest BCUT2D eigenvalue weighted by atomic mass is 10.2. The van der Waals surface area contributed by atoms with Crippen molar-refractivity contribution in [2.24, 2.45) is 0 Å². The first-order valence-electron chi connectivity index (χ1n) is 10.2. The van der Waals surface area contributed by atoms with Gasteiger partial charge in [-0.2, -0.15) is 0 Å². The zero-order valence-electron chi connectivity index (χ0n) is 18.7. The number of halogens is 4. The molecule has 2 aromatic carbocycles. The molecule has 190 valence electrons. The monoisotopic (exact) mass is 549 g/mol. The fraction of sp³-hybridized carbons (Fsp3) is 0.0435. The summed E-state index contributed by atoms with van der Waals surface area (Å²) in [6.07, 6.45) is 3.58. The smallest absolute Gasteiger partial charge is 0.256 e. The number of hydrogen-bond acceptors (Lipinski definition) is 8. The molecule has 0 atom stereocenters. The number of anilines is 1. The Bertz CT molecular complexity index is 1590. The number of sulfonamides is 1. The van der Waals surface area contributed by atoms with Gasteiger partial charge in [0.25, 0.3) is 10.0 Å². The number of benzene rings is 2. The van der Waals surface area contributed by atoms with Crippen molar-refractivity contribution >= 4 is 33.5 Å². The summed E-state index contributed by atoms with van der Waals surface area (Å²) in [6, 6.07) is 9.55. The Balaban J connectivity index is 1.76. The van der Waals surface area contributed by atoms with Gasteiger partial charge in [-0.15, -0.1) is 0 Å². The van der Waals surface area contributed by atoms with Crippen LogP contribution in [0, 0.1) is 17.5 Å². The van der Waals surface area contributed by atoms with Gasteiger partial charge in [-0.25, -0.2) is 41.5 Å². The highest BCUT2D eigenvalue weighted by atomic mass is 35.5. The van der Waals surface area contributed by atoms with Crippen LogP contribution in [0.5, 0.6) is 17.2 Å². The molecule has 0 aliphatic heterocycles. The van der Waals surface area contributed by atoms with Gasteiger partial charge in [-0.05, 0) is 36.4 Å². The number of aromatic nitrogens is 4. The van der Waals surface area contributed by atoms with Crippen LogP contribution >= 0.6 is 11.6 Å². The molecule has 0 radical (unpaired) electrons. The quantitative estimate of drug-likeness (QED) is 0.235. The van der Waals surface area contributed by atoms with Gasteiger partial charge in [0.2, 0.25) is 11.6 Å². The zero-order chi connectivity index (χ0) is 26.6. The molecular formula is C23H15ClF3N5O4S. The Morgan fingerprint density at radius 3 is 2.32 bits per heavy atom. The lowest BCUT2D eigenvalue weighted by Crippen LogP contribution is -2.13. The normalized spacial score (nSPS) is 11.5. The standard InChI is InChI=1S/C23H15ClF3N5O4S/c1-35-15-5-2-3-6-16(15)36-19-20(24)30-23(22-28-10-4-11-29-22)31-21(19)32-37(33,34)12-9-13-7-8-14(25)18(27)17(13)26/h2-12H,1H3,(H,30,31,32)/b12-9+. The van der Waals surface area contributed by atoms with Crippen molar-refractivity contribution in [2.75, 3.05) is 11.8 Å². The zero-order valence-corrected chi connectivity index (χ0v) is 20.3. The molecule has 0 aliphatic carbocycles. The third-order valence-corrected chi connectivity index (χ3v) is 5.83. The predicted molar refractivity (Wildman–Crippen MR) is 129 cm³/mol. The van der Waals surface area contributed by atoms with E-state index in [0.717, 1.165) is 12.1 Å². The summed E-state index contributed by atoms with van der Waals surface area (Å²) < 4.78 is 79.5. The van der Waals surface area contributed by atoms with Gasteiger partial charge in [0.15, 0.2) is 45.7 Å². The second kappa shape index (κ2) is 10.8. The molecule has 4 aromatic rings. The molecule has 0 amide bonds. The summed E-state index contributed by atoms with van der Waals surface area (Å²) in [5.74, 6) is -5.05. The van der Waals surface area contributed by atoms with Crippen LogP contribution in [-0.2, 0) is 10.0 Å². The van der Waals surface area contributed by atoms with E-state index < -0.39 is 38.9 Å². The molecule has 0 saturated carbocycles. The molecule has 0 fully saturated rings. The maximum Gasteiger partial charge on any atom is 0.256 e. The molecule has 2 heterocycles. The molecule has 37 heavy (non-hydrogen) atoms. The highest BCUT2D eigenvalue weighted by Crippen LogP contribution is 2.39. The van der Waals surface area contributed by atoms with Gasteiger partial charge in [0, 0.05) is 18.0 Å². The van der Waals surface area contributed by atoms with E-state index in [1.807, 2.05) is 0 Å². The number of para-hydroxylation sites is 2. The number of nitrogens with zero attached hydrogens (tertiary/aromatic N) is 4. The molecule has 0 bridgehead atoms. The number of hydrogen-bond donors (Lipinski definition) is 1. The van der Waals surface area contributed by atoms with Crippen molar-refractivity contribution in [3.8, 4) is 28.9 Å². The first-order valence-corrected chi connectivity index (χ1v) is 12.1. The lowest BCUT2D eigenvalue weighted by molar-refractivity contribution is 0.378. The van der Waals surface area contributed by atoms with E-state index in [4.69, 9.17) is 21.1 Å². The molecule has 14 heteroatoms. The molecular weight excluding hydrogens is 535 g/mol. The summed E-state index contributed by atoms with van der Waals surface area (Å²) in [6.45, 7) is 0. The van der Waals surface area contributed by atoms with Crippen LogP contribution < -0.4 is 14.2 Å². The van der Waals surface area contributed by atoms with E-state index in [-0.39, 0.29) is 28.3 Å². The van der Waals surface area contributed by atoms with E-state index in [1.165, 1.54) is 25.6 Å². The molecule has 9 nitrogen and oxygen atoms in total. The first-order chi connectivity index (χ1) is 17.7. The van der Waals surface area contributed by atoms with Gasteiger partial charge in [-0.3, -0.25) is 4.72 Å². The summed E-state index contributed by atoms with van der Waals surface area (Å²) in [7, 11) is -3.03. The Morgan fingerprint density at radius 2 is 1.62 bits per heavy atom. The SMILES string of the molecule is COc1ccccc1Oc1c(Cl)nc(-c2ncccn2)nc1NS(=O)(=O)/C=C/c1ccc(F)c(F)c1F. The second-order valence-corrected chi connectivity index (χ2v) is 8.98. The minimum absolute atomic E-state index is 0.0353. The van der Waals surface area contributed by atoms with Gasteiger partial charge < -0.3 is 9.47 Å². The third-order valence-electron chi connectivity index (χ3n) is 4.60. The van der Waals surface area contributed by atoms with Crippen LogP contribution in [0.4, 0.5) is 19.0 Å². The fourth-order valence-corrected chi connectivity index (χ4v) is 3.92. The molecule has 0 unspecified atom stereocenters. The summed E-state index contributed by atoms with van der Waals surface area (Å²) in [5, 5.41) is 0.237. The van der Waals surface area contributed by atoms with Crippen molar-refractivity contribution in [1.29, 1.82) is 0 Å². The molecule has 2 aromatic heterocycles. The van der Waals surface area contributed by atoms with E-state index in [1.54, 1.807) is 24.3 Å². The molecule has 4 rings (SSSR count). The Kier molecular flexibility index (Phi) is 7.55. The minimum atomic E-state index is -4.43. The fourth-order valence-electron chi connectivity index (χ4n) is 2.91. The number of methoxy groups -OCH3 is 1. The Hall–Kier alpha value is -4.23. The van der Waals surface area contributed by atoms with Crippen LogP contribution in [0.1, 0.15) is 5.56 Å². The van der Waals surface area contributed by atoms with Crippen LogP contribution in [0.25, 0.3) is 17.7 Å². The summed E-state index contributed by atoms with van der Waals surface area (Å²) >= 11 is 6.33. The topological polar surface area (TPSA) is 116 Å². The average Bonchev–Trinajstić information content (AvgIpc) is 2.89. The van der Waals surface area contributed by atoms with Crippen molar-refractivity contribution in [3.05, 3.63) is 88.4 Å². The van der Waals surface area contributed by atoms with E-state index in [0.29, 0.717) is 17.2 Å². The maximum atomic E-state index is 14.0. The predicted octanol–water partition coefficient (Wildman–Crippen LogP) is 5.22. The summed E-state index contributed by atoms with van der Waals surface area (Å²) in [5.41, 5.74) is -0.506. The van der Waals surface area contributed by atoms with Gasteiger partial charge in [0.05, 0.1) is 12.5 Å². The van der Waals surface area contributed by atoms with Crippen LogP contribution in [0.3, 0.4) is 0 Å². The van der Waals surface area contributed by atoms with Gasteiger partial charge in [-0.1, -0.05) is 23.7 Å². The van der Waals surface area contributed by atoms with Gasteiger partial charge >= 0.3 is 0 Å². The number of rotatable bonds is 8. The highest BCUT2D eigenvalue weighted by Gasteiger charge is 2.22. The highest BCUT2D eigenvalue weighted by molar-refractivity contribution is 7.95. The van der Waals surface area contributed by atoms with Crippen molar-refractivity contribution in [2.45, 2.75) is 0 Å². The minimum Gasteiger partial charge on any atom is -0.493 e.